The first-order valence-corrected chi connectivity index (χ1v) is 11.0. The van der Waals surface area contributed by atoms with Gasteiger partial charge in [0.15, 0.2) is 5.76 Å². The van der Waals surface area contributed by atoms with Gasteiger partial charge < -0.3 is 8.94 Å². The fourth-order valence-corrected chi connectivity index (χ4v) is 5.83. The minimum Gasteiger partial charge on any atom is -0.461 e. The van der Waals surface area contributed by atoms with E-state index in [1.807, 2.05) is 24.3 Å². The summed E-state index contributed by atoms with van der Waals surface area (Å²) in [6.45, 7) is 4.21. The van der Waals surface area contributed by atoms with E-state index >= 15 is 0 Å². The third kappa shape index (κ3) is 2.93. The summed E-state index contributed by atoms with van der Waals surface area (Å²) in [5.74, 6) is 1.09. The van der Waals surface area contributed by atoms with E-state index in [0.717, 1.165) is 11.3 Å². The summed E-state index contributed by atoms with van der Waals surface area (Å²) in [5.41, 5.74) is 3.44. The number of anilines is 1. The fourth-order valence-electron chi connectivity index (χ4n) is 3.95. The number of aromatic nitrogens is 3. The first-order chi connectivity index (χ1) is 14.4. The Kier molecular flexibility index (Phi) is 4.28. The first kappa shape index (κ1) is 18.7. The second-order valence-corrected chi connectivity index (χ2v) is 9.07. The molecule has 3 aromatic heterocycles. The molecule has 1 aliphatic heterocycles. The van der Waals surface area contributed by atoms with Crippen LogP contribution in [0.3, 0.4) is 0 Å². The molecule has 0 spiro atoms. The largest absolute Gasteiger partial charge is 0.461 e. The number of rotatable bonds is 5. The van der Waals surface area contributed by atoms with Gasteiger partial charge in [-0.25, -0.2) is 8.42 Å². The normalized spacial score (nSPS) is 13.7. The molecule has 30 heavy (non-hydrogen) atoms. The molecule has 1 aromatic carbocycles. The molecule has 4 aromatic rings. The van der Waals surface area contributed by atoms with E-state index in [1.165, 1.54) is 4.31 Å². The Hall–Kier alpha value is -3.33. The number of aryl methyl sites for hydroxylation is 1. The topological polar surface area (TPSA) is 94.4 Å². The summed E-state index contributed by atoms with van der Waals surface area (Å²) in [4.78, 5) is 0.244. The van der Waals surface area contributed by atoms with Crippen LogP contribution >= 0.6 is 0 Å². The van der Waals surface area contributed by atoms with Crippen molar-refractivity contribution in [3.63, 3.8) is 0 Å². The second-order valence-electron chi connectivity index (χ2n) is 7.27. The van der Waals surface area contributed by atoms with Gasteiger partial charge >= 0.3 is 0 Å². The van der Waals surface area contributed by atoms with Crippen LogP contribution in [0.4, 0.5) is 5.69 Å². The molecule has 0 bridgehead atoms. The minimum absolute atomic E-state index is 0.244. The summed E-state index contributed by atoms with van der Waals surface area (Å²) in [6.07, 6.45) is 2.27. The third-order valence-electron chi connectivity index (χ3n) is 5.34. The van der Waals surface area contributed by atoms with Gasteiger partial charge in [0.25, 0.3) is 10.0 Å². The molecular weight excluding hydrogens is 404 g/mol. The monoisotopic (exact) mass is 424 g/mol. The second kappa shape index (κ2) is 6.88. The quantitative estimate of drug-likeness (QED) is 0.486. The molecule has 0 saturated carbocycles. The standard InChI is InChI=1S/C21H20N4O4S/c1-14-21(30(26,27)25-10-9-16-6-3-4-7-18(16)25)15(2)24(22-14)13-17-12-20(29-23-17)19-8-5-11-28-19/h3-8,11-12H,9-10,13H2,1-2H3. The van der Waals surface area contributed by atoms with Crippen molar-refractivity contribution in [3.8, 4) is 11.5 Å². The van der Waals surface area contributed by atoms with E-state index < -0.39 is 10.0 Å². The maximum absolute atomic E-state index is 13.5. The van der Waals surface area contributed by atoms with Gasteiger partial charge in [0.1, 0.15) is 10.6 Å². The van der Waals surface area contributed by atoms with E-state index in [1.54, 1.807) is 43.0 Å². The van der Waals surface area contributed by atoms with Crippen molar-refractivity contribution in [2.75, 3.05) is 10.8 Å². The number of hydrogen-bond donors (Lipinski definition) is 0. The highest BCUT2D eigenvalue weighted by Gasteiger charge is 2.35. The summed E-state index contributed by atoms with van der Waals surface area (Å²) >= 11 is 0. The summed E-state index contributed by atoms with van der Waals surface area (Å²) in [6, 6.07) is 12.9. The zero-order chi connectivity index (χ0) is 20.9. The molecule has 0 aliphatic carbocycles. The molecule has 0 N–H and O–H groups in total. The average molecular weight is 424 g/mol. The molecule has 0 saturated heterocycles. The van der Waals surface area contributed by atoms with Crippen LogP contribution < -0.4 is 4.31 Å². The Labute approximate surface area is 173 Å². The van der Waals surface area contributed by atoms with Crippen molar-refractivity contribution < 1.29 is 17.4 Å². The summed E-state index contributed by atoms with van der Waals surface area (Å²) < 4.78 is 40.8. The number of fused-ring (bicyclic) bond motifs is 1. The Morgan fingerprint density at radius 2 is 1.93 bits per heavy atom. The van der Waals surface area contributed by atoms with Gasteiger partial charge in [-0.15, -0.1) is 0 Å². The molecule has 0 unspecified atom stereocenters. The molecule has 0 atom stereocenters. The maximum atomic E-state index is 13.5. The van der Waals surface area contributed by atoms with Gasteiger partial charge in [-0.1, -0.05) is 23.4 Å². The molecule has 0 fully saturated rings. The van der Waals surface area contributed by atoms with Crippen molar-refractivity contribution >= 4 is 15.7 Å². The van der Waals surface area contributed by atoms with Crippen molar-refractivity contribution in [1.29, 1.82) is 0 Å². The molecule has 0 radical (unpaired) electrons. The van der Waals surface area contributed by atoms with Crippen molar-refractivity contribution in [1.82, 2.24) is 14.9 Å². The van der Waals surface area contributed by atoms with Gasteiger partial charge in [-0.05, 0) is 44.0 Å². The zero-order valence-electron chi connectivity index (χ0n) is 16.6. The number of para-hydroxylation sites is 1. The SMILES string of the molecule is Cc1nn(Cc2cc(-c3ccco3)on2)c(C)c1S(=O)(=O)N1CCc2ccccc21. The summed E-state index contributed by atoms with van der Waals surface area (Å²) in [7, 11) is -3.72. The number of hydrogen-bond acceptors (Lipinski definition) is 6. The fraction of sp³-hybridized carbons (Fsp3) is 0.238. The van der Waals surface area contributed by atoms with Gasteiger partial charge in [0, 0.05) is 12.6 Å². The summed E-state index contributed by atoms with van der Waals surface area (Å²) in [5, 5.41) is 8.54. The highest BCUT2D eigenvalue weighted by atomic mass is 32.2. The van der Waals surface area contributed by atoms with Crippen LogP contribution in [0.5, 0.6) is 0 Å². The van der Waals surface area contributed by atoms with E-state index in [-0.39, 0.29) is 4.90 Å². The lowest BCUT2D eigenvalue weighted by Gasteiger charge is -2.19. The van der Waals surface area contributed by atoms with Gasteiger partial charge in [0.2, 0.25) is 5.76 Å². The molecule has 5 rings (SSSR count). The number of sulfonamides is 1. The molecular formula is C21H20N4O4S. The van der Waals surface area contributed by atoms with Crippen LogP contribution in [0.15, 0.2) is 62.6 Å². The predicted octanol–water partition coefficient (Wildman–Crippen LogP) is 3.55. The Morgan fingerprint density at radius 3 is 2.73 bits per heavy atom. The molecule has 0 amide bonds. The Balaban J connectivity index is 1.47. The average Bonchev–Trinajstić information content (AvgIpc) is 3.48. The Morgan fingerprint density at radius 1 is 1.10 bits per heavy atom. The van der Waals surface area contributed by atoms with E-state index in [0.29, 0.717) is 48.1 Å². The van der Waals surface area contributed by atoms with E-state index in [2.05, 4.69) is 10.3 Å². The highest BCUT2D eigenvalue weighted by molar-refractivity contribution is 7.93. The number of nitrogens with zero attached hydrogens (tertiary/aromatic N) is 4. The number of benzene rings is 1. The zero-order valence-corrected chi connectivity index (χ0v) is 17.4. The molecule has 154 valence electrons. The van der Waals surface area contributed by atoms with Crippen molar-refractivity contribution in [3.05, 3.63) is 71.4 Å². The van der Waals surface area contributed by atoms with Crippen LogP contribution in [-0.4, -0.2) is 29.9 Å². The van der Waals surface area contributed by atoms with Crippen LogP contribution in [0.2, 0.25) is 0 Å². The molecule has 9 heteroatoms. The van der Waals surface area contributed by atoms with Crippen molar-refractivity contribution in [2.45, 2.75) is 31.7 Å². The minimum atomic E-state index is -3.72. The maximum Gasteiger partial charge on any atom is 0.268 e. The molecule has 1 aliphatic rings. The predicted molar refractivity (Wildman–Crippen MR) is 110 cm³/mol. The van der Waals surface area contributed by atoms with Crippen molar-refractivity contribution in [2.24, 2.45) is 0 Å². The molecule has 8 nitrogen and oxygen atoms in total. The smallest absolute Gasteiger partial charge is 0.268 e. The van der Waals surface area contributed by atoms with Crippen LogP contribution in [0.1, 0.15) is 22.6 Å². The lowest BCUT2D eigenvalue weighted by atomic mass is 10.2. The van der Waals surface area contributed by atoms with E-state index in [9.17, 15) is 8.42 Å². The van der Waals surface area contributed by atoms with Gasteiger partial charge in [-0.3, -0.25) is 8.99 Å². The number of furan rings is 1. The van der Waals surface area contributed by atoms with E-state index in [4.69, 9.17) is 8.94 Å². The third-order valence-corrected chi connectivity index (χ3v) is 7.41. The van der Waals surface area contributed by atoms with Gasteiger partial charge in [-0.2, -0.15) is 5.10 Å². The lowest BCUT2D eigenvalue weighted by molar-refractivity contribution is 0.407. The highest BCUT2D eigenvalue weighted by Crippen LogP contribution is 2.34. The first-order valence-electron chi connectivity index (χ1n) is 9.59. The lowest BCUT2D eigenvalue weighted by Crippen LogP contribution is -2.30. The van der Waals surface area contributed by atoms with Crippen LogP contribution in [0, 0.1) is 13.8 Å². The molecule has 4 heterocycles. The Bertz CT molecular complexity index is 1320. The van der Waals surface area contributed by atoms with Crippen LogP contribution in [-0.2, 0) is 23.0 Å². The van der Waals surface area contributed by atoms with Crippen LogP contribution in [0.25, 0.3) is 11.5 Å². The van der Waals surface area contributed by atoms with Gasteiger partial charge in [0.05, 0.1) is 29.9 Å².